The first kappa shape index (κ1) is 16.5. The Morgan fingerprint density at radius 2 is 1.88 bits per heavy atom. The van der Waals surface area contributed by atoms with Crippen LogP contribution in [0, 0.1) is 0 Å². The van der Waals surface area contributed by atoms with Gasteiger partial charge in [-0.15, -0.1) is 0 Å². The Morgan fingerprint density at radius 3 is 2.69 bits per heavy atom. The third-order valence-corrected chi connectivity index (χ3v) is 5.49. The standard InChI is InChI=1S/C21H18N2O2S/c1-23-20-17(25-2)8-5-9-18(20)26-21(23)22-19(24)13-14-10-11-15-6-3-4-7-16(15)12-14/h3-12H,13H2,1-2H3. The van der Waals surface area contributed by atoms with Crippen LogP contribution in [0.3, 0.4) is 0 Å². The van der Waals surface area contributed by atoms with Crippen molar-refractivity contribution < 1.29 is 9.53 Å². The van der Waals surface area contributed by atoms with Gasteiger partial charge in [-0.1, -0.05) is 59.9 Å². The van der Waals surface area contributed by atoms with Crippen molar-refractivity contribution in [3.8, 4) is 5.75 Å². The van der Waals surface area contributed by atoms with Crippen LogP contribution in [0.15, 0.2) is 65.7 Å². The van der Waals surface area contributed by atoms with Gasteiger partial charge in [0.1, 0.15) is 11.3 Å². The number of benzene rings is 3. The van der Waals surface area contributed by atoms with Crippen molar-refractivity contribution in [2.75, 3.05) is 7.11 Å². The highest BCUT2D eigenvalue weighted by Gasteiger charge is 2.10. The number of aryl methyl sites for hydroxylation is 1. The molecule has 0 fully saturated rings. The molecule has 0 saturated heterocycles. The van der Waals surface area contributed by atoms with Crippen molar-refractivity contribution >= 4 is 38.2 Å². The van der Waals surface area contributed by atoms with Gasteiger partial charge in [-0.3, -0.25) is 4.79 Å². The molecular formula is C21H18N2O2S. The Kier molecular flexibility index (Phi) is 4.31. The lowest BCUT2D eigenvalue weighted by molar-refractivity contribution is -0.117. The second-order valence-corrected chi connectivity index (χ2v) is 7.12. The summed E-state index contributed by atoms with van der Waals surface area (Å²) < 4.78 is 8.38. The number of hydrogen-bond donors (Lipinski definition) is 0. The number of carbonyl (C=O) groups excluding carboxylic acids is 1. The van der Waals surface area contributed by atoms with E-state index in [1.165, 1.54) is 16.7 Å². The topological polar surface area (TPSA) is 43.6 Å². The molecule has 3 aromatic carbocycles. The van der Waals surface area contributed by atoms with Gasteiger partial charge in [0.05, 0.1) is 18.2 Å². The molecule has 4 rings (SSSR count). The molecule has 1 aromatic heterocycles. The predicted octanol–water partition coefficient (Wildman–Crippen LogP) is 4.07. The first-order valence-electron chi connectivity index (χ1n) is 8.33. The van der Waals surface area contributed by atoms with Gasteiger partial charge < -0.3 is 9.30 Å². The summed E-state index contributed by atoms with van der Waals surface area (Å²) in [4.78, 5) is 17.5. The fourth-order valence-electron chi connectivity index (χ4n) is 3.11. The minimum atomic E-state index is -0.151. The summed E-state index contributed by atoms with van der Waals surface area (Å²) in [5.74, 6) is 0.631. The highest BCUT2D eigenvalue weighted by Crippen LogP contribution is 2.26. The molecule has 0 radical (unpaired) electrons. The molecule has 130 valence electrons. The molecule has 0 aliphatic carbocycles. The van der Waals surface area contributed by atoms with Gasteiger partial charge in [0, 0.05) is 7.05 Å². The number of methoxy groups -OCH3 is 1. The average molecular weight is 362 g/mol. The van der Waals surface area contributed by atoms with Crippen LogP contribution < -0.4 is 9.54 Å². The molecule has 1 heterocycles. The molecule has 5 heteroatoms. The summed E-state index contributed by atoms with van der Waals surface area (Å²) >= 11 is 1.49. The van der Waals surface area contributed by atoms with E-state index in [1.807, 2.05) is 54.1 Å². The molecule has 4 nitrogen and oxygen atoms in total. The summed E-state index contributed by atoms with van der Waals surface area (Å²) in [7, 11) is 3.55. The maximum Gasteiger partial charge on any atom is 0.252 e. The number of aromatic nitrogens is 1. The summed E-state index contributed by atoms with van der Waals surface area (Å²) in [6, 6.07) is 20.1. The second-order valence-electron chi connectivity index (χ2n) is 6.11. The zero-order valence-corrected chi connectivity index (χ0v) is 15.4. The predicted molar refractivity (Wildman–Crippen MR) is 106 cm³/mol. The van der Waals surface area contributed by atoms with E-state index < -0.39 is 0 Å². The van der Waals surface area contributed by atoms with E-state index in [4.69, 9.17) is 4.74 Å². The van der Waals surface area contributed by atoms with Crippen molar-refractivity contribution in [2.45, 2.75) is 6.42 Å². The first-order valence-corrected chi connectivity index (χ1v) is 9.15. The van der Waals surface area contributed by atoms with Crippen molar-refractivity contribution in [2.24, 2.45) is 12.0 Å². The van der Waals surface area contributed by atoms with Gasteiger partial charge >= 0.3 is 0 Å². The SMILES string of the molecule is COc1cccc2sc(=NC(=O)Cc3ccc4ccccc4c3)n(C)c12. The maximum atomic E-state index is 12.5. The van der Waals surface area contributed by atoms with E-state index in [-0.39, 0.29) is 12.3 Å². The number of amides is 1. The molecule has 0 atom stereocenters. The van der Waals surface area contributed by atoms with E-state index in [1.54, 1.807) is 7.11 Å². The Morgan fingerprint density at radius 1 is 1.08 bits per heavy atom. The largest absolute Gasteiger partial charge is 0.495 e. The van der Waals surface area contributed by atoms with E-state index in [0.29, 0.717) is 4.80 Å². The lowest BCUT2D eigenvalue weighted by atomic mass is 10.1. The number of para-hydroxylation sites is 1. The third-order valence-electron chi connectivity index (χ3n) is 4.40. The highest BCUT2D eigenvalue weighted by molar-refractivity contribution is 7.16. The van der Waals surface area contributed by atoms with Crippen LogP contribution in [0.4, 0.5) is 0 Å². The van der Waals surface area contributed by atoms with Gasteiger partial charge in [-0.25, -0.2) is 0 Å². The van der Waals surface area contributed by atoms with Gasteiger partial charge in [0.2, 0.25) is 0 Å². The molecule has 26 heavy (non-hydrogen) atoms. The summed E-state index contributed by atoms with van der Waals surface area (Å²) in [6.07, 6.45) is 0.288. The normalized spacial score (nSPS) is 12.0. The van der Waals surface area contributed by atoms with Gasteiger partial charge in [-0.05, 0) is 28.5 Å². The van der Waals surface area contributed by atoms with Crippen molar-refractivity contribution in [3.05, 3.63) is 71.0 Å². The summed E-state index contributed by atoms with van der Waals surface area (Å²) in [5.41, 5.74) is 1.93. The number of ether oxygens (including phenoxy) is 1. The number of nitrogens with zero attached hydrogens (tertiary/aromatic N) is 2. The Hall–Kier alpha value is -2.92. The Balaban J connectivity index is 1.68. The Labute approximate surface area is 155 Å². The van der Waals surface area contributed by atoms with Crippen LogP contribution in [0.1, 0.15) is 5.56 Å². The van der Waals surface area contributed by atoms with Gasteiger partial charge in [-0.2, -0.15) is 4.99 Å². The zero-order valence-electron chi connectivity index (χ0n) is 14.6. The van der Waals surface area contributed by atoms with Crippen LogP contribution in [0.2, 0.25) is 0 Å². The minimum Gasteiger partial charge on any atom is -0.495 e. The number of carbonyl (C=O) groups is 1. The smallest absolute Gasteiger partial charge is 0.252 e. The first-order chi connectivity index (χ1) is 12.7. The van der Waals surface area contributed by atoms with Crippen LogP contribution in [0.5, 0.6) is 5.75 Å². The molecule has 0 N–H and O–H groups in total. The summed E-state index contributed by atoms with van der Waals surface area (Å²) in [6.45, 7) is 0. The average Bonchev–Trinajstić information content (AvgIpc) is 2.97. The minimum absolute atomic E-state index is 0.151. The van der Waals surface area contributed by atoms with Crippen molar-refractivity contribution in [1.29, 1.82) is 0 Å². The fraction of sp³-hybridized carbons (Fsp3) is 0.143. The molecule has 0 saturated carbocycles. The quantitative estimate of drug-likeness (QED) is 0.551. The number of thiazole rings is 1. The van der Waals surface area contributed by atoms with Crippen molar-refractivity contribution in [3.63, 3.8) is 0 Å². The van der Waals surface area contributed by atoms with Crippen LogP contribution in [-0.2, 0) is 18.3 Å². The number of hydrogen-bond acceptors (Lipinski definition) is 3. The highest BCUT2D eigenvalue weighted by atomic mass is 32.1. The molecule has 0 spiro atoms. The van der Waals surface area contributed by atoms with Crippen LogP contribution >= 0.6 is 11.3 Å². The van der Waals surface area contributed by atoms with Crippen LogP contribution in [0.25, 0.3) is 21.0 Å². The molecule has 0 unspecified atom stereocenters. The number of rotatable bonds is 3. The third kappa shape index (κ3) is 3.02. The van der Waals surface area contributed by atoms with Gasteiger partial charge in [0.15, 0.2) is 4.80 Å². The number of fused-ring (bicyclic) bond motifs is 2. The lowest BCUT2D eigenvalue weighted by Crippen LogP contribution is -2.14. The molecule has 1 amide bonds. The molecule has 0 aliphatic heterocycles. The van der Waals surface area contributed by atoms with Crippen LogP contribution in [-0.4, -0.2) is 17.6 Å². The molecule has 4 aromatic rings. The second kappa shape index (κ2) is 6.77. The molecule has 0 aliphatic rings. The summed E-state index contributed by atoms with van der Waals surface area (Å²) in [5, 5.41) is 2.30. The maximum absolute atomic E-state index is 12.5. The fourth-order valence-corrected chi connectivity index (χ4v) is 4.16. The zero-order chi connectivity index (χ0) is 18.1. The molecule has 0 bridgehead atoms. The lowest BCUT2D eigenvalue weighted by Gasteiger charge is -2.03. The van der Waals surface area contributed by atoms with Gasteiger partial charge in [0.25, 0.3) is 5.91 Å². The van der Waals surface area contributed by atoms with E-state index in [2.05, 4.69) is 23.2 Å². The van der Waals surface area contributed by atoms with E-state index >= 15 is 0 Å². The monoisotopic (exact) mass is 362 g/mol. The van der Waals surface area contributed by atoms with E-state index in [0.717, 1.165) is 26.9 Å². The molecular weight excluding hydrogens is 344 g/mol. The Bertz CT molecular complexity index is 1190. The van der Waals surface area contributed by atoms with E-state index in [9.17, 15) is 4.79 Å². The van der Waals surface area contributed by atoms with Crippen molar-refractivity contribution in [1.82, 2.24) is 4.57 Å².